The molecule has 0 unspecified atom stereocenters. The van der Waals surface area contributed by atoms with Crippen LogP contribution < -0.4 is 5.32 Å². The predicted octanol–water partition coefficient (Wildman–Crippen LogP) is 2.86. The fourth-order valence-electron chi connectivity index (χ4n) is 0.915. The summed E-state index contributed by atoms with van der Waals surface area (Å²) in [6.07, 6.45) is 0.640. The number of ketones is 1. The molecule has 0 fully saturated rings. The second-order valence-corrected chi connectivity index (χ2v) is 3.79. The molecule has 0 aliphatic carbocycles. The van der Waals surface area contributed by atoms with Crippen molar-refractivity contribution < 1.29 is 26.7 Å². The highest BCUT2D eigenvalue weighted by Gasteiger charge is 2.23. The monoisotopic (exact) mass is 301 g/mol. The van der Waals surface area contributed by atoms with Crippen molar-refractivity contribution >= 4 is 18.4 Å². The first-order valence-corrected chi connectivity index (χ1v) is 5.59. The van der Waals surface area contributed by atoms with E-state index in [1.54, 1.807) is 7.05 Å². The van der Waals surface area contributed by atoms with Gasteiger partial charge >= 0.3 is 0 Å². The SMILES string of the molecule is CCC(=O)CNC.Fc1c(F)c(F)c(S)c(F)c1F. The second-order valence-electron chi connectivity index (χ2n) is 3.34. The first-order valence-electron chi connectivity index (χ1n) is 5.14. The fourth-order valence-corrected chi connectivity index (χ4v) is 1.11. The summed E-state index contributed by atoms with van der Waals surface area (Å²) < 4.78 is 61.3. The molecule has 0 aliphatic rings. The molecule has 1 aromatic carbocycles. The van der Waals surface area contributed by atoms with Gasteiger partial charge in [-0.15, -0.1) is 12.6 Å². The molecule has 1 N–H and O–H groups in total. The molecule has 0 aromatic heterocycles. The van der Waals surface area contributed by atoms with E-state index in [0.29, 0.717) is 13.0 Å². The zero-order chi connectivity index (χ0) is 15.2. The number of hydrogen-bond acceptors (Lipinski definition) is 3. The molecule has 108 valence electrons. The number of thiol groups is 1. The molecule has 0 radical (unpaired) electrons. The summed E-state index contributed by atoms with van der Waals surface area (Å²) in [4.78, 5) is 9.17. The molecule has 0 spiro atoms. The van der Waals surface area contributed by atoms with Crippen LogP contribution in [0.4, 0.5) is 22.0 Å². The maximum Gasteiger partial charge on any atom is 0.200 e. The van der Waals surface area contributed by atoms with Crippen molar-refractivity contribution in [2.24, 2.45) is 0 Å². The zero-order valence-corrected chi connectivity index (χ0v) is 11.1. The van der Waals surface area contributed by atoms with Gasteiger partial charge in [-0.2, -0.15) is 0 Å². The van der Waals surface area contributed by atoms with E-state index in [0.717, 1.165) is 0 Å². The van der Waals surface area contributed by atoms with E-state index < -0.39 is 34.0 Å². The standard InChI is InChI=1S/C6HF5S.C5H11NO/c7-1-2(8)4(10)6(12)5(11)3(1)9;1-3-5(7)4-6-2/h12H;6H,3-4H2,1-2H3. The first kappa shape index (κ1) is 17.8. The third kappa shape index (κ3) is 4.79. The Labute approximate surface area is 112 Å². The lowest BCUT2D eigenvalue weighted by Gasteiger charge is -2.01. The summed E-state index contributed by atoms with van der Waals surface area (Å²) in [7, 11) is 1.77. The molecule has 0 saturated heterocycles. The topological polar surface area (TPSA) is 29.1 Å². The van der Waals surface area contributed by atoms with Crippen LogP contribution in [0.1, 0.15) is 13.3 Å². The molecule has 0 amide bonds. The largest absolute Gasteiger partial charge is 0.313 e. The number of hydrogen-bond donors (Lipinski definition) is 2. The van der Waals surface area contributed by atoms with E-state index in [-0.39, 0.29) is 5.78 Å². The Kier molecular flexibility index (Phi) is 7.62. The van der Waals surface area contributed by atoms with E-state index in [1.165, 1.54) is 0 Å². The number of benzene rings is 1. The summed E-state index contributed by atoms with van der Waals surface area (Å²) in [6, 6.07) is 0. The molecule has 1 rings (SSSR count). The van der Waals surface area contributed by atoms with Crippen molar-refractivity contribution in [1.29, 1.82) is 0 Å². The summed E-state index contributed by atoms with van der Waals surface area (Å²) in [5.74, 6) is -9.73. The van der Waals surface area contributed by atoms with Crippen LogP contribution in [0, 0.1) is 29.1 Å². The van der Waals surface area contributed by atoms with Crippen molar-refractivity contribution in [2.75, 3.05) is 13.6 Å². The van der Waals surface area contributed by atoms with E-state index in [4.69, 9.17) is 0 Å². The highest BCUT2D eigenvalue weighted by atomic mass is 32.1. The molecule has 2 nitrogen and oxygen atoms in total. The number of rotatable bonds is 3. The summed E-state index contributed by atoms with van der Waals surface area (Å²) in [6.45, 7) is 2.37. The number of carbonyl (C=O) groups is 1. The van der Waals surface area contributed by atoms with Gasteiger partial charge in [-0.25, -0.2) is 22.0 Å². The molecular formula is C11H12F5NOS. The van der Waals surface area contributed by atoms with Crippen molar-refractivity contribution in [2.45, 2.75) is 18.2 Å². The van der Waals surface area contributed by atoms with Crippen LogP contribution in [0.15, 0.2) is 4.90 Å². The van der Waals surface area contributed by atoms with Gasteiger partial charge in [0.2, 0.25) is 5.82 Å². The molecule has 0 heterocycles. The molecule has 0 saturated carbocycles. The molecular weight excluding hydrogens is 289 g/mol. The predicted molar refractivity (Wildman–Crippen MR) is 62.7 cm³/mol. The second kappa shape index (κ2) is 8.11. The van der Waals surface area contributed by atoms with Crippen LogP contribution in [0.3, 0.4) is 0 Å². The van der Waals surface area contributed by atoms with Crippen LogP contribution in [-0.2, 0) is 4.79 Å². The van der Waals surface area contributed by atoms with Gasteiger partial charge in [-0.05, 0) is 7.05 Å². The lowest BCUT2D eigenvalue weighted by Crippen LogP contribution is -2.16. The Morgan fingerprint density at radius 2 is 1.37 bits per heavy atom. The average Bonchev–Trinajstić information content (AvgIpc) is 2.41. The average molecular weight is 301 g/mol. The third-order valence-corrected chi connectivity index (χ3v) is 2.35. The Balaban J connectivity index is 0.000000399. The maximum absolute atomic E-state index is 12.3. The Morgan fingerprint density at radius 3 is 1.63 bits per heavy atom. The minimum Gasteiger partial charge on any atom is -0.313 e. The van der Waals surface area contributed by atoms with E-state index in [9.17, 15) is 26.7 Å². The Bertz CT molecular complexity index is 362. The molecule has 0 atom stereocenters. The first-order chi connectivity index (χ1) is 8.77. The molecule has 0 bridgehead atoms. The van der Waals surface area contributed by atoms with Crippen molar-refractivity contribution in [3.05, 3.63) is 29.1 Å². The van der Waals surface area contributed by atoms with Gasteiger partial charge < -0.3 is 5.32 Å². The Hall–Kier alpha value is -1.15. The maximum atomic E-state index is 12.3. The Morgan fingerprint density at radius 1 is 1.00 bits per heavy atom. The number of nitrogens with one attached hydrogen (secondary N) is 1. The van der Waals surface area contributed by atoms with Crippen LogP contribution in [0.2, 0.25) is 0 Å². The van der Waals surface area contributed by atoms with E-state index >= 15 is 0 Å². The van der Waals surface area contributed by atoms with Crippen LogP contribution in [0.5, 0.6) is 0 Å². The van der Waals surface area contributed by atoms with Crippen LogP contribution >= 0.6 is 12.6 Å². The highest BCUT2D eigenvalue weighted by molar-refractivity contribution is 7.80. The fraction of sp³-hybridized carbons (Fsp3) is 0.364. The summed E-state index contributed by atoms with van der Waals surface area (Å²) in [5.41, 5.74) is 0. The van der Waals surface area contributed by atoms with Gasteiger partial charge in [0.05, 0.1) is 11.4 Å². The molecule has 19 heavy (non-hydrogen) atoms. The molecule has 0 aliphatic heterocycles. The third-order valence-electron chi connectivity index (χ3n) is 1.95. The smallest absolute Gasteiger partial charge is 0.200 e. The minimum atomic E-state index is -2.18. The molecule has 1 aromatic rings. The van der Waals surface area contributed by atoms with Crippen molar-refractivity contribution in [1.82, 2.24) is 5.32 Å². The van der Waals surface area contributed by atoms with Crippen LogP contribution in [0.25, 0.3) is 0 Å². The van der Waals surface area contributed by atoms with Crippen molar-refractivity contribution in [3.8, 4) is 0 Å². The van der Waals surface area contributed by atoms with Gasteiger partial charge in [0, 0.05) is 6.42 Å². The summed E-state index contributed by atoms with van der Waals surface area (Å²) in [5, 5.41) is 2.77. The van der Waals surface area contributed by atoms with Gasteiger partial charge in [0.1, 0.15) is 5.78 Å². The highest BCUT2D eigenvalue weighted by Crippen LogP contribution is 2.24. The normalized spacial score (nSPS) is 9.89. The van der Waals surface area contributed by atoms with Gasteiger partial charge in [0.25, 0.3) is 0 Å². The lowest BCUT2D eigenvalue weighted by atomic mass is 10.3. The number of Topliss-reactive ketones (excluding diaryl/α,β-unsaturated/α-hetero) is 1. The molecule has 8 heteroatoms. The quantitative estimate of drug-likeness (QED) is 0.389. The van der Waals surface area contributed by atoms with Crippen molar-refractivity contribution in [3.63, 3.8) is 0 Å². The zero-order valence-electron chi connectivity index (χ0n) is 10.2. The van der Waals surface area contributed by atoms with Gasteiger partial charge in [-0.3, -0.25) is 4.79 Å². The minimum absolute atomic E-state index is 0.266. The number of likely N-dealkylation sites (N-methyl/N-ethyl adjacent to an activating group) is 1. The van der Waals surface area contributed by atoms with Gasteiger partial charge in [0.15, 0.2) is 23.3 Å². The van der Waals surface area contributed by atoms with Gasteiger partial charge in [-0.1, -0.05) is 6.92 Å². The van der Waals surface area contributed by atoms with E-state index in [1.807, 2.05) is 6.92 Å². The summed E-state index contributed by atoms with van der Waals surface area (Å²) >= 11 is 3.10. The van der Waals surface area contributed by atoms with E-state index in [2.05, 4.69) is 17.9 Å². The van der Waals surface area contributed by atoms with Crippen LogP contribution in [-0.4, -0.2) is 19.4 Å². The number of carbonyl (C=O) groups excluding carboxylic acids is 1. The number of halogens is 5. The lowest BCUT2D eigenvalue weighted by molar-refractivity contribution is -0.117.